The van der Waals surface area contributed by atoms with E-state index < -0.39 is 0 Å². The maximum Gasteiger partial charge on any atom is 0.258 e. The number of hydrogen-bond acceptors (Lipinski definition) is 8. The summed E-state index contributed by atoms with van der Waals surface area (Å²) in [6, 6.07) is 14.9. The summed E-state index contributed by atoms with van der Waals surface area (Å²) >= 11 is 1.63. The van der Waals surface area contributed by atoms with Crippen molar-refractivity contribution in [2.45, 2.75) is 24.3 Å². The highest BCUT2D eigenvalue weighted by molar-refractivity contribution is 7.13. The number of ether oxygens (including phenoxy) is 3. The van der Waals surface area contributed by atoms with Gasteiger partial charge in [0, 0.05) is 6.20 Å². The number of carbonyl (C=O) groups is 1. The molecular formula is C22H22N4O4S. The Morgan fingerprint density at radius 1 is 1.06 bits per heavy atom. The maximum absolute atomic E-state index is 12.3. The minimum atomic E-state index is -0.223. The first-order valence-corrected chi connectivity index (χ1v) is 11.0. The molecule has 2 aliphatic rings. The number of aromatic nitrogens is 2. The zero-order chi connectivity index (χ0) is 21.0. The normalized spacial score (nSPS) is 24.5. The maximum atomic E-state index is 12.3. The lowest BCUT2D eigenvalue weighted by atomic mass is 10.1. The molecule has 0 radical (unpaired) electrons. The monoisotopic (exact) mass is 438 g/mol. The minimum absolute atomic E-state index is 0.0526. The Hall–Kier alpha value is -3.01. The van der Waals surface area contributed by atoms with Gasteiger partial charge in [-0.25, -0.2) is 9.97 Å². The number of hydrogen-bond donors (Lipinski definition) is 2. The number of anilines is 1. The highest BCUT2D eigenvalue weighted by atomic mass is 32.1. The van der Waals surface area contributed by atoms with Gasteiger partial charge in [0.05, 0.1) is 35.9 Å². The van der Waals surface area contributed by atoms with Gasteiger partial charge >= 0.3 is 0 Å². The highest BCUT2D eigenvalue weighted by Crippen LogP contribution is 2.29. The summed E-state index contributed by atoms with van der Waals surface area (Å²) in [5, 5.41) is 8.31. The molecule has 1 amide bonds. The Morgan fingerprint density at radius 3 is 2.68 bits per heavy atom. The van der Waals surface area contributed by atoms with E-state index in [0.717, 1.165) is 10.6 Å². The van der Waals surface area contributed by atoms with E-state index >= 15 is 0 Å². The second-order valence-electron chi connectivity index (χ2n) is 7.37. The summed E-state index contributed by atoms with van der Waals surface area (Å²) in [4.78, 5) is 22.3. The van der Waals surface area contributed by atoms with Crippen molar-refractivity contribution in [1.82, 2.24) is 15.3 Å². The first-order chi connectivity index (χ1) is 15.3. The molecule has 2 N–H and O–H groups in total. The van der Waals surface area contributed by atoms with Crippen LogP contribution in [0.1, 0.15) is 0 Å². The zero-order valence-corrected chi connectivity index (χ0v) is 17.5. The van der Waals surface area contributed by atoms with Crippen LogP contribution in [0, 0.1) is 0 Å². The van der Waals surface area contributed by atoms with Crippen LogP contribution in [0.2, 0.25) is 0 Å². The van der Waals surface area contributed by atoms with E-state index in [0.29, 0.717) is 24.9 Å². The topological polar surface area (TPSA) is 94.6 Å². The Kier molecular flexibility index (Phi) is 5.79. The molecule has 2 saturated heterocycles. The van der Waals surface area contributed by atoms with Gasteiger partial charge in [0.25, 0.3) is 5.91 Å². The average molecular weight is 439 g/mol. The third kappa shape index (κ3) is 4.53. The van der Waals surface area contributed by atoms with Crippen molar-refractivity contribution in [2.75, 3.05) is 25.1 Å². The third-order valence-corrected chi connectivity index (χ3v) is 6.15. The van der Waals surface area contributed by atoms with Gasteiger partial charge in [-0.05, 0) is 29.6 Å². The lowest BCUT2D eigenvalue weighted by Gasteiger charge is -2.18. The number of nitrogens with zero attached hydrogens (tertiary/aromatic N) is 2. The summed E-state index contributed by atoms with van der Waals surface area (Å²) < 4.78 is 17.4. The number of fused-ring (bicyclic) bond motifs is 1. The van der Waals surface area contributed by atoms with E-state index in [4.69, 9.17) is 14.2 Å². The Labute approximate surface area is 183 Å². The molecule has 1 aromatic carbocycles. The fourth-order valence-corrected chi connectivity index (χ4v) is 4.51. The number of nitrogens with one attached hydrogen (secondary N) is 2. The zero-order valence-electron chi connectivity index (χ0n) is 16.6. The van der Waals surface area contributed by atoms with Crippen molar-refractivity contribution in [3.63, 3.8) is 0 Å². The van der Waals surface area contributed by atoms with Crippen molar-refractivity contribution >= 4 is 23.2 Å². The molecule has 4 unspecified atom stereocenters. The fraction of sp³-hybridized carbons (Fsp3) is 0.318. The van der Waals surface area contributed by atoms with Crippen LogP contribution in [-0.4, -0.2) is 60.0 Å². The van der Waals surface area contributed by atoms with Gasteiger partial charge in [0.15, 0.2) is 6.61 Å². The standard InChI is InChI=1S/C22H22N4O4S/c27-19(13-28-14-5-2-1-3-6-14)24-16-11-29-21-17(12-30-20(16)21)26-22-23-9-8-15(25-22)18-7-4-10-31-18/h1-10,16-17,20-21H,11-13H2,(H,24,27)(H,23,25,26). The van der Waals surface area contributed by atoms with Crippen LogP contribution in [0.25, 0.3) is 10.6 Å². The number of rotatable bonds is 7. The molecule has 0 spiro atoms. The first kappa shape index (κ1) is 19.9. The number of para-hydroxylation sites is 1. The van der Waals surface area contributed by atoms with Crippen molar-refractivity contribution < 1.29 is 19.0 Å². The molecule has 2 fully saturated rings. The van der Waals surface area contributed by atoms with Crippen LogP contribution in [0.5, 0.6) is 5.75 Å². The SMILES string of the molecule is O=C(COc1ccccc1)NC1COC2C(Nc3nccc(-c4cccs4)n3)COC12. The number of benzene rings is 1. The number of amides is 1. The van der Waals surface area contributed by atoms with Gasteiger partial charge in [-0.2, -0.15) is 0 Å². The molecule has 8 nitrogen and oxygen atoms in total. The van der Waals surface area contributed by atoms with E-state index in [2.05, 4.69) is 20.6 Å². The molecular weight excluding hydrogens is 416 g/mol. The van der Waals surface area contributed by atoms with Crippen LogP contribution in [0.4, 0.5) is 5.95 Å². The van der Waals surface area contributed by atoms with E-state index in [1.807, 2.05) is 53.9 Å². The second kappa shape index (κ2) is 9.01. The van der Waals surface area contributed by atoms with Crippen LogP contribution in [0.3, 0.4) is 0 Å². The Balaban J connectivity index is 1.16. The van der Waals surface area contributed by atoms with Crippen LogP contribution in [0.15, 0.2) is 60.1 Å². The van der Waals surface area contributed by atoms with Crippen LogP contribution in [-0.2, 0) is 14.3 Å². The van der Waals surface area contributed by atoms with Gasteiger partial charge < -0.3 is 24.8 Å². The second-order valence-corrected chi connectivity index (χ2v) is 8.31. The molecule has 2 aliphatic heterocycles. The summed E-state index contributed by atoms with van der Waals surface area (Å²) in [6.07, 6.45) is 1.33. The number of thiophene rings is 1. The molecule has 5 rings (SSSR count). The highest BCUT2D eigenvalue weighted by Gasteiger charge is 2.48. The summed E-state index contributed by atoms with van der Waals surface area (Å²) in [5.41, 5.74) is 0.874. The Morgan fingerprint density at radius 2 is 1.87 bits per heavy atom. The van der Waals surface area contributed by atoms with Crippen molar-refractivity contribution in [3.8, 4) is 16.3 Å². The fourth-order valence-electron chi connectivity index (χ4n) is 3.82. The minimum Gasteiger partial charge on any atom is -0.484 e. The van der Waals surface area contributed by atoms with Crippen molar-refractivity contribution in [3.05, 3.63) is 60.1 Å². The molecule has 0 bridgehead atoms. The molecule has 31 heavy (non-hydrogen) atoms. The summed E-state index contributed by atoms with van der Waals surface area (Å²) in [7, 11) is 0. The molecule has 0 saturated carbocycles. The molecule has 4 atom stereocenters. The summed E-state index contributed by atoms with van der Waals surface area (Å²) in [6.45, 7) is 0.790. The predicted octanol–water partition coefficient (Wildman–Crippen LogP) is 2.35. The summed E-state index contributed by atoms with van der Waals surface area (Å²) in [5.74, 6) is 0.988. The van der Waals surface area contributed by atoms with E-state index in [1.165, 1.54) is 0 Å². The third-order valence-electron chi connectivity index (χ3n) is 5.26. The van der Waals surface area contributed by atoms with E-state index in [9.17, 15) is 4.79 Å². The average Bonchev–Trinajstić information content (AvgIpc) is 3.54. The molecule has 4 heterocycles. The van der Waals surface area contributed by atoms with Gasteiger partial charge in [-0.3, -0.25) is 4.79 Å². The predicted molar refractivity (Wildman–Crippen MR) is 116 cm³/mol. The molecule has 3 aromatic rings. The molecule has 9 heteroatoms. The molecule has 2 aromatic heterocycles. The quantitative estimate of drug-likeness (QED) is 0.585. The number of carbonyl (C=O) groups excluding carboxylic acids is 1. The van der Waals surface area contributed by atoms with Crippen molar-refractivity contribution in [2.24, 2.45) is 0 Å². The van der Waals surface area contributed by atoms with Crippen molar-refractivity contribution in [1.29, 1.82) is 0 Å². The Bertz CT molecular complexity index is 1020. The van der Waals surface area contributed by atoms with Gasteiger partial charge in [0.1, 0.15) is 18.0 Å². The van der Waals surface area contributed by atoms with Gasteiger partial charge in [-0.15, -0.1) is 11.3 Å². The van der Waals surface area contributed by atoms with Gasteiger partial charge in [0.2, 0.25) is 5.95 Å². The molecule has 160 valence electrons. The molecule has 0 aliphatic carbocycles. The first-order valence-electron chi connectivity index (χ1n) is 10.1. The smallest absolute Gasteiger partial charge is 0.258 e. The van der Waals surface area contributed by atoms with E-state index in [-0.39, 0.29) is 36.8 Å². The van der Waals surface area contributed by atoms with Gasteiger partial charge in [-0.1, -0.05) is 24.3 Å². The lowest BCUT2D eigenvalue weighted by molar-refractivity contribution is -0.124. The largest absolute Gasteiger partial charge is 0.484 e. The lowest BCUT2D eigenvalue weighted by Crippen LogP contribution is -2.46. The van der Waals surface area contributed by atoms with Crippen LogP contribution >= 0.6 is 11.3 Å². The van der Waals surface area contributed by atoms with E-state index in [1.54, 1.807) is 17.5 Å². The van der Waals surface area contributed by atoms with Crippen LogP contribution < -0.4 is 15.4 Å².